The summed E-state index contributed by atoms with van der Waals surface area (Å²) in [5, 5.41) is 5.08. The van der Waals surface area contributed by atoms with Crippen LogP contribution in [0, 0.1) is 0 Å². The minimum absolute atomic E-state index is 0.0188. The van der Waals surface area contributed by atoms with Crippen LogP contribution in [0.2, 0.25) is 0 Å². The van der Waals surface area contributed by atoms with Crippen LogP contribution in [-0.4, -0.2) is 24.5 Å². The van der Waals surface area contributed by atoms with Gasteiger partial charge in [-0.05, 0) is 23.1 Å². The van der Waals surface area contributed by atoms with Gasteiger partial charge in [-0.3, -0.25) is 9.69 Å². The van der Waals surface area contributed by atoms with Crippen molar-refractivity contribution >= 4 is 17.2 Å². The maximum atomic E-state index is 12.5. The zero-order chi connectivity index (χ0) is 18.9. The number of thiophene rings is 1. The van der Waals surface area contributed by atoms with Gasteiger partial charge in [0.2, 0.25) is 5.91 Å². The fourth-order valence-electron chi connectivity index (χ4n) is 2.92. The van der Waals surface area contributed by atoms with Gasteiger partial charge in [-0.1, -0.05) is 54.6 Å². The first-order valence-corrected chi connectivity index (χ1v) is 9.80. The highest BCUT2D eigenvalue weighted by molar-refractivity contribution is 7.09. The lowest BCUT2D eigenvalue weighted by Gasteiger charge is -2.22. The molecule has 3 rings (SSSR count). The monoisotopic (exact) mass is 380 g/mol. The largest absolute Gasteiger partial charge is 0.496 e. The van der Waals surface area contributed by atoms with Gasteiger partial charge in [0.05, 0.1) is 13.7 Å². The third kappa shape index (κ3) is 5.94. The number of ether oxygens (including phenoxy) is 1. The van der Waals surface area contributed by atoms with Gasteiger partial charge in [0.1, 0.15) is 5.75 Å². The summed E-state index contributed by atoms with van der Waals surface area (Å²) in [6, 6.07) is 22.0. The number of hydrogen-bond donors (Lipinski definition) is 1. The third-order valence-corrected chi connectivity index (χ3v) is 5.11. The summed E-state index contributed by atoms with van der Waals surface area (Å²) in [7, 11) is 1.68. The molecule has 0 spiro atoms. The van der Waals surface area contributed by atoms with Crippen LogP contribution in [0.15, 0.2) is 72.1 Å². The highest BCUT2D eigenvalue weighted by atomic mass is 32.1. The van der Waals surface area contributed by atoms with E-state index in [9.17, 15) is 4.79 Å². The molecule has 0 aliphatic heterocycles. The average Bonchev–Trinajstić information content (AvgIpc) is 3.20. The Morgan fingerprint density at radius 1 is 1.00 bits per heavy atom. The van der Waals surface area contributed by atoms with Crippen LogP contribution >= 0.6 is 11.3 Å². The van der Waals surface area contributed by atoms with E-state index in [0.29, 0.717) is 19.6 Å². The van der Waals surface area contributed by atoms with Crippen molar-refractivity contribution in [1.82, 2.24) is 10.2 Å². The van der Waals surface area contributed by atoms with Gasteiger partial charge in [0, 0.05) is 30.1 Å². The summed E-state index contributed by atoms with van der Waals surface area (Å²) in [6.07, 6.45) is 0. The number of amides is 1. The number of benzene rings is 2. The maximum absolute atomic E-state index is 12.5. The van der Waals surface area contributed by atoms with Crippen molar-refractivity contribution in [3.63, 3.8) is 0 Å². The zero-order valence-corrected chi connectivity index (χ0v) is 16.2. The van der Waals surface area contributed by atoms with Crippen molar-refractivity contribution in [3.05, 3.63) is 88.1 Å². The number of rotatable bonds is 9. The second-order valence-electron chi connectivity index (χ2n) is 6.30. The number of methoxy groups -OCH3 is 1. The molecular formula is C22H24N2O2S. The van der Waals surface area contributed by atoms with Gasteiger partial charge in [-0.2, -0.15) is 0 Å². The van der Waals surface area contributed by atoms with Gasteiger partial charge in [-0.25, -0.2) is 0 Å². The first kappa shape index (κ1) is 19.1. The molecule has 0 saturated carbocycles. The Balaban J connectivity index is 1.65. The molecule has 0 bridgehead atoms. The third-order valence-electron chi connectivity index (χ3n) is 4.25. The lowest BCUT2D eigenvalue weighted by molar-refractivity contribution is -0.122. The Labute approximate surface area is 164 Å². The van der Waals surface area contributed by atoms with Crippen molar-refractivity contribution in [2.75, 3.05) is 13.7 Å². The first-order chi connectivity index (χ1) is 13.2. The average molecular weight is 381 g/mol. The Morgan fingerprint density at radius 2 is 1.78 bits per heavy atom. The number of para-hydroxylation sites is 1. The number of nitrogens with zero attached hydrogens (tertiary/aromatic N) is 1. The van der Waals surface area contributed by atoms with E-state index in [1.54, 1.807) is 18.4 Å². The van der Waals surface area contributed by atoms with Crippen molar-refractivity contribution in [3.8, 4) is 5.75 Å². The van der Waals surface area contributed by atoms with Gasteiger partial charge in [0.25, 0.3) is 0 Å². The summed E-state index contributed by atoms with van der Waals surface area (Å²) in [5.41, 5.74) is 2.17. The van der Waals surface area contributed by atoms with E-state index in [0.717, 1.165) is 23.4 Å². The molecule has 27 heavy (non-hydrogen) atoms. The standard InChI is InChI=1S/C22H24N2O2S/c1-26-21-12-6-5-10-19(21)15-24(16-20-11-7-13-27-20)17-22(25)23-14-18-8-3-2-4-9-18/h2-13H,14-17H2,1H3,(H,23,25). The molecule has 1 N–H and O–H groups in total. The SMILES string of the molecule is COc1ccccc1CN(CC(=O)NCc1ccccc1)Cc1cccs1. The van der Waals surface area contributed by atoms with E-state index in [2.05, 4.69) is 21.7 Å². The van der Waals surface area contributed by atoms with Crippen molar-refractivity contribution in [1.29, 1.82) is 0 Å². The lowest BCUT2D eigenvalue weighted by Crippen LogP contribution is -2.36. The first-order valence-electron chi connectivity index (χ1n) is 8.92. The molecule has 140 valence electrons. The van der Waals surface area contributed by atoms with Crippen LogP contribution < -0.4 is 10.1 Å². The van der Waals surface area contributed by atoms with E-state index >= 15 is 0 Å². The summed E-state index contributed by atoms with van der Waals surface area (Å²) >= 11 is 1.70. The smallest absolute Gasteiger partial charge is 0.234 e. The minimum Gasteiger partial charge on any atom is -0.496 e. The molecule has 1 aromatic heterocycles. The number of hydrogen-bond acceptors (Lipinski definition) is 4. The van der Waals surface area contributed by atoms with Crippen LogP contribution in [0.3, 0.4) is 0 Å². The molecule has 0 saturated heterocycles. The molecule has 4 nitrogen and oxygen atoms in total. The Kier molecular flexibility index (Phi) is 7.02. The van der Waals surface area contributed by atoms with Crippen LogP contribution in [0.25, 0.3) is 0 Å². The van der Waals surface area contributed by atoms with Crippen molar-refractivity contribution in [2.24, 2.45) is 0 Å². The van der Waals surface area contributed by atoms with Crippen molar-refractivity contribution < 1.29 is 9.53 Å². The molecule has 1 heterocycles. The Morgan fingerprint density at radius 3 is 2.52 bits per heavy atom. The second kappa shape index (κ2) is 9.90. The summed E-state index contributed by atoms with van der Waals surface area (Å²) in [5.74, 6) is 0.865. The molecular weight excluding hydrogens is 356 g/mol. The van der Waals surface area contributed by atoms with Crippen LogP contribution in [0.1, 0.15) is 16.0 Å². The van der Waals surface area contributed by atoms with E-state index < -0.39 is 0 Å². The second-order valence-corrected chi connectivity index (χ2v) is 7.33. The molecule has 0 atom stereocenters. The van der Waals surface area contributed by atoms with E-state index in [4.69, 9.17) is 4.74 Å². The van der Waals surface area contributed by atoms with Gasteiger partial charge in [-0.15, -0.1) is 11.3 Å². The zero-order valence-electron chi connectivity index (χ0n) is 15.4. The fourth-order valence-corrected chi connectivity index (χ4v) is 3.67. The summed E-state index contributed by atoms with van der Waals surface area (Å²) in [4.78, 5) is 15.9. The number of carbonyl (C=O) groups excluding carboxylic acids is 1. The quantitative estimate of drug-likeness (QED) is 0.608. The van der Waals surface area contributed by atoms with E-state index in [-0.39, 0.29) is 5.91 Å². The molecule has 5 heteroatoms. The molecule has 2 aromatic carbocycles. The number of carbonyl (C=O) groups is 1. The summed E-state index contributed by atoms with van der Waals surface area (Å²) in [6.45, 7) is 2.26. The van der Waals surface area contributed by atoms with Crippen LogP contribution in [-0.2, 0) is 24.4 Å². The Hall–Kier alpha value is -2.63. The lowest BCUT2D eigenvalue weighted by atomic mass is 10.2. The predicted molar refractivity (Wildman–Crippen MR) is 110 cm³/mol. The van der Waals surface area contributed by atoms with E-state index in [1.165, 1.54) is 4.88 Å². The minimum atomic E-state index is 0.0188. The molecule has 0 aliphatic carbocycles. The van der Waals surface area contributed by atoms with Gasteiger partial charge in [0.15, 0.2) is 0 Å². The Bertz CT molecular complexity index is 835. The molecule has 0 fully saturated rings. The fraction of sp³-hybridized carbons (Fsp3) is 0.227. The van der Waals surface area contributed by atoms with E-state index in [1.807, 2.05) is 60.7 Å². The molecule has 3 aromatic rings. The van der Waals surface area contributed by atoms with Crippen molar-refractivity contribution in [2.45, 2.75) is 19.6 Å². The molecule has 0 radical (unpaired) electrons. The van der Waals surface area contributed by atoms with Crippen LogP contribution in [0.4, 0.5) is 0 Å². The van der Waals surface area contributed by atoms with Gasteiger partial charge >= 0.3 is 0 Å². The molecule has 1 amide bonds. The highest BCUT2D eigenvalue weighted by Crippen LogP contribution is 2.21. The van der Waals surface area contributed by atoms with Crippen LogP contribution in [0.5, 0.6) is 5.75 Å². The highest BCUT2D eigenvalue weighted by Gasteiger charge is 2.14. The molecule has 0 unspecified atom stereocenters. The number of nitrogens with one attached hydrogen (secondary N) is 1. The normalized spacial score (nSPS) is 10.7. The predicted octanol–water partition coefficient (Wildman–Crippen LogP) is 4.08. The topological polar surface area (TPSA) is 41.6 Å². The molecule has 0 aliphatic rings. The maximum Gasteiger partial charge on any atom is 0.234 e. The summed E-state index contributed by atoms with van der Waals surface area (Å²) < 4.78 is 5.47. The van der Waals surface area contributed by atoms with Gasteiger partial charge < -0.3 is 10.1 Å².